The molecule has 4 rings (SSSR count). The molecule has 1 unspecified atom stereocenters. The average Bonchev–Trinajstić information content (AvgIpc) is 3.08. The van der Waals surface area contributed by atoms with Crippen molar-refractivity contribution in [2.75, 3.05) is 18.1 Å². The van der Waals surface area contributed by atoms with Gasteiger partial charge in [-0.1, -0.05) is 0 Å². The highest BCUT2D eigenvalue weighted by Gasteiger charge is 2.39. The zero-order valence-corrected chi connectivity index (χ0v) is 19.0. The number of amides is 1. The van der Waals surface area contributed by atoms with Crippen LogP contribution in [0.5, 0.6) is 17.4 Å². The summed E-state index contributed by atoms with van der Waals surface area (Å²) in [5.41, 5.74) is 0.0254. The van der Waals surface area contributed by atoms with Crippen LogP contribution in [0.2, 0.25) is 0 Å². The Morgan fingerprint density at radius 1 is 1.18 bits per heavy atom. The van der Waals surface area contributed by atoms with Gasteiger partial charge in [0.05, 0.1) is 35.4 Å². The van der Waals surface area contributed by atoms with Crippen molar-refractivity contribution >= 4 is 15.7 Å². The highest BCUT2D eigenvalue weighted by atomic mass is 32.2. The van der Waals surface area contributed by atoms with E-state index in [4.69, 9.17) is 9.47 Å². The number of aromatic nitrogens is 4. The van der Waals surface area contributed by atoms with Gasteiger partial charge in [0.2, 0.25) is 0 Å². The van der Waals surface area contributed by atoms with Crippen LogP contribution in [0.15, 0.2) is 49.2 Å². The second kappa shape index (κ2) is 9.10. The van der Waals surface area contributed by atoms with Crippen LogP contribution in [0.4, 0.5) is 0 Å². The number of ether oxygens (including phenoxy) is 2. The smallest absolute Gasteiger partial charge is 0.262 e. The maximum absolute atomic E-state index is 12.6. The van der Waals surface area contributed by atoms with Gasteiger partial charge in [-0.15, -0.1) is 0 Å². The molecule has 1 amide bonds. The third-order valence-corrected chi connectivity index (χ3v) is 6.96. The fourth-order valence-electron chi connectivity index (χ4n) is 3.48. The molecule has 1 aliphatic heterocycles. The van der Waals surface area contributed by atoms with Gasteiger partial charge in [0, 0.05) is 30.4 Å². The summed E-state index contributed by atoms with van der Waals surface area (Å²) in [6.07, 6.45) is 7.87. The molecule has 0 aromatic carbocycles. The molecule has 3 aromatic rings. The van der Waals surface area contributed by atoms with Gasteiger partial charge in [-0.2, -0.15) is 0 Å². The molecule has 10 nitrogen and oxygen atoms in total. The van der Waals surface area contributed by atoms with E-state index in [2.05, 4.69) is 25.3 Å². The van der Waals surface area contributed by atoms with E-state index in [1.807, 2.05) is 6.92 Å². The molecule has 0 aliphatic carbocycles. The van der Waals surface area contributed by atoms with Crippen molar-refractivity contribution in [2.24, 2.45) is 0 Å². The molecule has 33 heavy (non-hydrogen) atoms. The van der Waals surface area contributed by atoms with Crippen LogP contribution >= 0.6 is 0 Å². The van der Waals surface area contributed by atoms with Gasteiger partial charge >= 0.3 is 0 Å². The largest absolute Gasteiger partial charge is 0.488 e. The first-order valence-electron chi connectivity index (χ1n) is 10.3. The molecule has 172 valence electrons. The number of nitrogens with one attached hydrogen (secondary N) is 1. The predicted octanol–water partition coefficient (Wildman–Crippen LogP) is 2.43. The first kappa shape index (κ1) is 22.6. The second-order valence-corrected chi connectivity index (χ2v) is 10.1. The zero-order chi connectivity index (χ0) is 23.5. The molecule has 0 saturated carbocycles. The van der Waals surface area contributed by atoms with Gasteiger partial charge in [-0.3, -0.25) is 9.78 Å². The summed E-state index contributed by atoms with van der Waals surface area (Å²) < 4.78 is 34.9. The van der Waals surface area contributed by atoms with Crippen LogP contribution in [0, 0.1) is 0 Å². The van der Waals surface area contributed by atoms with E-state index >= 15 is 0 Å². The standard InChI is InChI=1S/C22H23N5O5S/c1-3-31-18-5-4-7-24-21(18)32-17-9-15(10-23-13-17)19-25-11-16(12-26-19)20(28)27-22(2)6-8-33(29,30)14-22/h4-5,7,9-13H,3,6,8,14H2,1-2H3,(H,27,28). The van der Waals surface area contributed by atoms with Gasteiger partial charge in [0.1, 0.15) is 5.75 Å². The summed E-state index contributed by atoms with van der Waals surface area (Å²) in [5.74, 6) is 1.17. The molecule has 1 N–H and O–H groups in total. The molecule has 4 heterocycles. The molecule has 1 fully saturated rings. The van der Waals surface area contributed by atoms with Crippen molar-refractivity contribution in [3.8, 4) is 28.8 Å². The lowest BCUT2D eigenvalue weighted by Gasteiger charge is -2.23. The lowest BCUT2D eigenvalue weighted by molar-refractivity contribution is 0.0914. The van der Waals surface area contributed by atoms with Crippen molar-refractivity contribution in [3.05, 3.63) is 54.7 Å². The summed E-state index contributed by atoms with van der Waals surface area (Å²) in [4.78, 5) is 29.5. The lowest BCUT2D eigenvalue weighted by Crippen LogP contribution is -2.47. The maximum Gasteiger partial charge on any atom is 0.262 e. The van der Waals surface area contributed by atoms with Crippen LogP contribution in [0.25, 0.3) is 11.4 Å². The highest BCUT2D eigenvalue weighted by molar-refractivity contribution is 7.91. The fourth-order valence-corrected chi connectivity index (χ4v) is 5.57. The van der Waals surface area contributed by atoms with E-state index in [-0.39, 0.29) is 17.1 Å². The third-order valence-electron chi connectivity index (χ3n) is 5.05. The van der Waals surface area contributed by atoms with Crippen molar-refractivity contribution in [2.45, 2.75) is 25.8 Å². The Morgan fingerprint density at radius 3 is 2.67 bits per heavy atom. The summed E-state index contributed by atoms with van der Waals surface area (Å²) in [6.45, 7) is 4.07. The van der Waals surface area contributed by atoms with E-state index in [1.165, 1.54) is 18.6 Å². The number of carbonyl (C=O) groups excluding carboxylic acids is 1. The minimum absolute atomic E-state index is 0.0647. The minimum atomic E-state index is -3.13. The number of nitrogens with zero attached hydrogens (tertiary/aromatic N) is 4. The maximum atomic E-state index is 12.6. The van der Waals surface area contributed by atoms with Gasteiger partial charge in [0.25, 0.3) is 11.8 Å². The molecular formula is C22H23N5O5S. The summed E-state index contributed by atoms with van der Waals surface area (Å²) in [7, 11) is -3.13. The second-order valence-electron chi connectivity index (χ2n) is 7.90. The monoisotopic (exact) mass is 469 g/mol. The van der Waals surface area contributed by atoms with E-state index in [0.717, 1.165) is 0 Å². The summed E-state index contributed by atoms with van der Waals surface area (Å²) in [6, 6.07) is 5.22. The van der Waals surface area contributed by atoms with Crippen LogP contribution in [-0.2, 0) is 9.84 Å². The molecular weight excluding hydrogens is 446 g/mol. The van der Waals surface area contributed by atoms with Crippen molar-refractivity contribution in [1.82, 2.24) is 25.3 Å². The molecule has 1 aliphatic rings. The number of rotatable bonds is 7. The van der Waals surface area contributed by atoms with E-state index in [0.29, 0.717) is 41.8 Å². The molecule has 11 heteroatoms. The Hall–Kier alpha value is -3.60. The molecule has 3 aromatic heterocycles. The first-order valence-corrected chi connectivity index (χ1v) is 12.2. The number of pyridine rings is 2. The van der Waals surface area contributed by atoms with Crippen LogP contribution < -0.4 is 14.8 Å². The Kier molecular flexibility index (Phi) is 6.23. The van der Waals surface area contributed by atoms with E-state index < -0.39 is 21.3 Å². The third kappa shape index (κ3) is 5.43. The molecule has 1 atom stereocenters. The van der Waals surface area contributed by atoms with Crippen molar-refractivity contribution in [3.63, 3.8) is 0 Å². The summed E-state index contributed by atoms with van der Waals surface area (Å²) >= 11 is 0. The first-order chi connectivity index (χ1) is 15.8. The van der Waals surface area contributed by atoms with Gasteiger partial charge in [-0.25, -0.2) is 23.4 Å². The van der Waals surface area contributed by atoms with E-state index in [9.17, 15) is 13.2 Å². The van der Waals surface area contributed by atoms with Crippen molar-refractivity contribution < 1.29 is 22.7 Å². The Bertz CT molecular complexity index is 1270. The van der Waals surface area contributed by atoms with Gasteiger partial charge in [-0.05, 0) is 38.5 Å². The number of hydrogen-bond donors (Lipinski definition) is 1. The normalized spacial score (nSPS) is 19.1. The number of sulfone groups is 1. The molecule has 0 spiro atoms. The zero-order valence-electron chi connectivity index (χ0n) is 18.2. The predicted molar refractivity (Wildman–Crippen MR) is 120 cm³/mol. The van der Waals surface area contributed by atoms with Crippen LogP contribution in [0.1, 0.15) is 30.6 Å². The molecule has 1 saturated heterocycles. The van der Waals surface area contributed by atoms with Gasteiger partial charge < -0.3 is 14.8 Å². The fraction of sp³-hybridized carbons (Fsp3) is 0.318. The molecule has 0 bridgehead atoms. The van der Waals surface area contributed by atoms with E-state index in [1.54, 1.807) is 37.5 Å². The highest BCUT2D eigenvalue weighted by Crippen LogP contribution is 2.30. The SMILES string of the molecule is CCOc1cccnc1Oc1cncc(-c2ncc(C(=O)NC3(C)CCS(=O)(=O)C3)cn2)c1. The average molecular weight is 470 g/mol. The van der Waals surface area contributed by atoms with Crippen LogP contribution in [0.3, 0.4) is 0 Å². The lowest BCUT2D eigenvalue weighted by atomic mass is 10.0. The molecule has 0 radical (unpaired) electrons. The topological polar surface area (TPSA) is 133 Å². The van der Waals surface area contributed by atoms with Crippen molar-refractivity contribution in [1.29, 1.82) is 0 Å². The Balaban J connectivity index is 1.48. The minimum Gasteiger partial charge on any atom is -0.488 e. The van der Waals surface area contributed by atoms with Gasteiger partial charge in [0.15, 0.2) is 21.4 Å². The number of hydrogen-bond acceptors (Lipinski definition) is 9. The summed E-state index contributed by atoms with van der Waals surface area (Å²) in [5, 5.41) is 2.79. The Labute approximate surface area is 191 Å². The quantitative estimate of drug-likeness (QED) is 0.554. The van der Waals surface area contributed by atoms with Crippen LogP contribution in [-0.4, -0.2) is 57.9 Å². The number of carbonyl (C=O) groups is 1. The Morgan fingerprint density at radius 2 is 1.97 bits per heavy atom.